The Morgan fingerprint density at radius 3 is 2.08 bits per heavy atom. The molecule has 11 heteroatoms. The fourth-order valence-corrected chi connectivity index (χ4v) is 7.39. The molecular formula is C29H35N3O6S2. The van der Waals surface area contributed by atoms with Crippen molar-refractivity contribution in [1.29, 1.82) is 0 Å². The zero-order valence-corrected chi connectivity index (χ0v) is 24.2. The largest absolute Gasteiger partial charge is 0.494 e. The monoisotopic (exact) mass is 585 g/mol. The van der Waals surface area contributed by atoms with Gasteiger partial charge >= 0.3 is 0 Å². The smallest absolute Gasteiger partial charge is 0.243 e. The average molecular weight is 586 g/mol. The second-order valence-corrected chi connectivity index (χ2v) is 13.4. The first-order chi connectivity index (χ1) is 19.2. The Morgan fingerprint density at radius 2 is 1.45 bits per heavy atom. The van der Waals surface area contributed by atoms with Gasteiger partial charge in [0.2, 0.25) is 26.0 Å². The fraction of sp³-hybridized carbons (Fsp3) is 0.345. The highest BCUT2D eigenvalue weighted by molar-refractivity contribution is 7.89. The van der Waals surface area contributed by atoms with Gasteiger partial charge in [0.1, 0.15) is 5.75 Å². The molecule has 4 rings (SSSR count). The summed E-state index contributed by atoms with van der Waals surface area (Å²) in [6.07, 6.45) is 2.76. The number of carbonyl (C=O) groups excluding carboxylic acids is 1. The van der Waals surface area contributed by atoms with Crippen LogP contribution in [0.25, 0.3) is 0 Å². The van der Waals surface area contributed by atoms with Gasteiger partial charge in [-0.1, -0.05) is 48.9 Å². The number of nitrogens with one attached hydrogen (secondary N) is 1. The van der Waals surface area contributed by atoms with Crippen molar-refractivity contribution < 1.29 is 26.4 Å². The van der Waals surface area contributed by atoms with Gasteiger partial charge in [-0.15, -0.1) is 0 Å². The van der Waals surface area contributed by atoms with E-state index in [1.165, 1.54) is 16.4 Å². The Kier molecular flexibility index (Phi) is 9.96. The summed E-state index contributed by atoms with van der Waals surface area (Å²) in [5.74, 6) is 0.0824. The molecule has 0 radical (unpaired) electrons. The normalized spacial score (nSPS) is 14.7. The molecule has 40 heavy (non-hydrogen) atoms. The maximum absolute atomic E-state index is 13.5. The maximum atomic E-state index is 13.5. The van der Waals surface area contributed by atoms with Gasteiger partial charge in [-0.3, -0.25) is 4.79 Å². The number of sulfonamides is 2. The number of piperidine rings is 1. The molecule has 0 aromatic heterocycles. The molecule has 0 spiro atoms. The lowest BCUT2D eigenvalue weighted by Crippen LogP contribution is -2.40. The van der Waals surface area contributed by atoms with Crippen molar-refractivity contribution in [3.63, 3.8) is 0 Å². The Morgan fingerprint density at radius 1 is 0.825 bits per heavy atom. The number of amides is 1. The van der Waals surface area contributed by atoms with Gasteiger partial charge in [0, 0.05) is 26.2 Å². The van der Waals surface area contributed by atoms with Gasteiger partial charge in [0.15, 0.2) is 0 Å². The Labute approximate surface area is 236 Å². The molecule has 3 aromatic rings. The quantitative estimate of drug-likeness (QED) is 0.346. The van der Waals surface area contributed by atoms with E-state index in [9.17, 15) is 21.6 Å². The summed E-state index contributed by atoms with van der Waals surface area (Å²) >= 11 is 0. The lowest BCUT2D eigenvalue weighted by Gasteiger charge is -2.25. The summed E-state index contributed by atoms with van der Waals surface area (Å²) in [7, 11) is -7.54. The fourth-order valence-electron chi connectivity index (χ4n) is 4.49. The van der Waals surface area contributed by atoms with Crippen LogP contribution < -0.4 is 10.1 Å². The van der Waals surface area contributed by atoms with E-state index in [-0.39, 0.29) is 29.4 Å². The zero-order valence-electron chi connectivity index (χ0n) is 22.5. The number of hydrogen-bond donors (Lipinski definition) is 1. The number of benzene rings is 3. The summed E-state index contributed by atoms with van der Waals surface area (Å²) in [5.41, 5.74) is 1.45. The highest BCUT2D eigenvalue weighted by atomic mass is 32.2. The minimum Gasteiger partial charge on any atom is -0.494 e. The molecule has 3 aromatic carbocycles. The van der Waals surface area contributed by atoms with Crippen molar-refractivity contribution in [2.75, 3.05) is 26.2 Å². The van der Waals surface area contributed by atoms with Gasteiger partial charge in [-0.05, 0) is 67.3 Å². The molecule has 1 fully saturated rings. The minimum atomic E-state index is -4.00. The summed E-state index contributed by atoms with van der Waals surface area (Å²) in [6.45, 7) is 3.13. The van der Waals surface area contributed by atoms with Gasteiger partial charge in [0.25, 0.3) is 0 Å². The minimum absolute atomic E-state index is 0.0207. The first-order valence-corrected chi connectivity index (χ1v) is 16.2. The average Bonchev–Trinajstić information content (AvgIpc) is 2.97. The summed E-state index contributed by atoms with van der Waals surface area (Å²) in [6, 6.07) is 21.6. The predicted octanol–water partition coefficient (Wildman–Crippen LogP) is 3.77. The molecule has 9 nitrogen and oxygen atoms in total. The molecule has 1 N–H and O–H groups in total. The summed E-state index contributed by atoms with van der Waals surface area (Å²) in [4.78, 5) is 13.2. The van der Waals surface area contributed by atoms with Crippen molar-refractivity contribution in [1.82, 2.24) is 13.9 Å². The van der Waals surface area contributed by atoms with Crippen molar-refractivity contribution in [2.24, 2.45) is 0 Å². The van der Waals surface area contributed by atoms with Crippen molar-refractivity contribution in [2.45, 2.75) is 49.1 Å². The molecule has 1 saturated heterocycles. The van der Waals surface area contributed by atoms with E-state index in [0.29, 0.717) is 31.0 Å². The zero-order chi connectivity index (χ0) is 28.6. The molecule has 1 aliphatic heterocycles. The van der Waals surface area contributed by atoms with Crippen molar-refractivity contribution in [3.05, 3.63) is 90.0 Å². The lowest BCUT2D eigenvalue weighted by molar-refractivity contribution is -0.121. The number of nitrogens with zero attached hydrogens (tertiary/aromatic N) is 2. The molecular weight excluding hydrogens is 550 g/mol. The summed E-state index contributed by atoms with van der Waals surface area (Å²) < 4.78 is 60.9. The molecule has 1 aliphatic rings. The van der Waals surface area contributed by atoms with E-state index in [1.807, 2.05) is 25.1 Å². The lowest BCUT2D eigenvalue weighted by atomic mass is 10.2. The van der Waals surface area contributed by atoms with E-state index in [1.54, 1.807) is 48.5 Å². The van der Waals surface area contributed by atoms with Crippen LogP contribution in [0.3, 0.4) is 0 Å². The maximum Gasteiger partial charge on any atom is 0.243 e. The van der Waals surface area contributed by atoms with Crippen LogP contribution in [0.4, 0.5) is 0 Å². The molecule has 0 aliphatic carbocycles. The Balaban J connectivity index is 1.43. The SMILES string of the molecule is CCOc1ccc(S(=O)(=O)N(CC(=O)NCc2ccc(S(=O)(=O)N3CCCCC3)cc2)Cc2ccccc2)cc1. The third-order valence-electron chi connectivity index (χ3n) is 6.66. The number of hydrogen-bond acceptors (Lipinski definition) is 6. The van der Waals surface area contributed by atoms with Crippen LogP contribution in [-0.4, -0.2) is 57.6 Å². The number of ether oxygens (including phenoxy) is 1. The Bertz CT molecular complexity index is 1470. The first kappa shape index (κ1) is 29.7. The topological polar surface area (TPSA) is 113 Å². The van der Waals surface area contributed by atoms with E-state index in [4.69, 9.17) is 4.74 Å². The van der Waals surface area contributed by atoms with Crippen LogP contribution in [0.5, 0.6) is 5.75 Å². The number of rotatable bonds is 12. The van der Waals surface area contributed by atoms with E-state index >= 15 is 0 Å². The highest BCUT2D eigenvalue weighted by Crippen LogP contribution is 2.23. The van der Waals surface area contributed by atoms with E-state index in [0.717, 1.165) is 29.1 Å². The standard InChI is InChI=1S/C29H35N3O6S2/c1-2-38-26-13-17-28(18-14-26)40(36,37)32(22-25-9-5-3-6-10-25)23-29(33)30-21-24-11-15-27(16-12-24)39(34,35)31-19-7-4-8-20-31/h3,5-6,9-18H,2,4,7-8,19-23H2,1H3,(H,30,33). The highest BCUT2D eigenvalue weighted by Gasteiger charge is 2.28. The van der Waals surface area contributed by atoms with E-state index in [2.05, 4.69) is 5.32 Å². The van der Waals surface area contributed by atoms with Gasteiger partial charge in [-0.2, -0.15) is 8.61 Å². The second-order valence-electron chi connectivity index (χ2n) is 9.55. The van der Waals surface area contributed by atoms with Crippen LogP contribution in [0.15, 0.2) is 88.7 Å². The first-order valence-electron chi connectivity index (χ1n) is 13.3. The van der Waals surface area contributed by atoms with Crippen LogP contribution in [0, 0.1) is 0 Å². The molecule has 0 atom stereocenters. The number of carbonyl (C=O) groups is 1. The second kappa shape index (κ2) is 13.4. The molecule has 0 unspecified atom stereocenters. The van der Waals surface area contributed by atoms with E-state index < -0.39 is 26.0 Å². The molecule has 1 heterocycles. The van der Waals surface area contributed by atoms with Crippen molar-refractivity contribution >= 4 is 26.0 Å². The summed E-state index contributed by atoms with van der Waals surface area (Å²) in [5, 5.41) is 2.76. The van der Waals surface area contributed by atoms with Gasteiger partial charge in [-0.25, -0.2) is 16.8 Å². The molecule has 0 saturated carbocycles. The molecule has 0 bridgehead atoms. The Hall–Kier alpha value is -3.25. The van der Waals surface area contributed by atoms with Gasteiger partial charge in [0.05, 0.1) is 22.9 Å². The van der Waals surface area contributed by atoms with Crippen molar-refractivity contribution in [3.8, 4) is 5.75 Å². The van der Waals surface area contributed by atoms with Gasteiger partial charge < -0.3 is 10.1 Å². The molecule has 1 amide bonds. The third-order valence-corrected chi connectivity index (χ3v) is 10.4. The van der Waals surface area contributed by atoms with Crippen LogP contribution >= 0.6 is 0 Å². The predicted molar refractivity (Wildman–Crippen MR) is 153 cm³/mol. The van der Waals surface area contributed by atoms with Crippen LogP contribution in [0.1, 0.15) is 37.3 Å². The van der Waals surface area contributed by atoms with Crippen LogP contribution in [0.2, 0.25) is 0 Å². The van der Waals surface area contributed by atoms with Crippen LogP contribution in [-0.2, 0) is 37.9 Å². The molecule has 214 valence electrons. The third kappa shape index (κ3) is 7.48.